The Hall–Kier alpha value is -1.65. The number of rotatable bonds is 5. The zero-order chi connectivity index (χ0) is 13.8. The number of nitrogens with zero attached hydrogens (tertiary/aromatic N) is 1. The van der Waals surface area contributed by atoms with Crippen LogP contribution in [0.4, 0.5) is 0 Å². The third-order valence-electron chi connectivity index (χ3n) is 2.68. The van der Waals surface area contributed by atoms with Gasteiger partial charge in [0.15, 0.2) is 5.58 Å². The molecule has 0 atom stereocenters. The van der Waals surface area contributed by atoms with Gasteiger partial charge in [0.1, 0.15) is 11.3 Å². The van der Waals surface area contributed by atoms with Crippen LogP contribution < -0.4 is 4.74 Å². The van der Waals surface area contributed by atoms with Crippen molar-refractivity contribution < 1.29 is 9.15 Å². The molecule has 5 heteroatoms. The Morgan fingerprint density at radius 3 is 2.75 bits per heavy atom. The molecule has 1 heterocycles. The summed E-state index contributed by atoms with van der Waals surface area (Å²) in [6, 6.07) is 15.2. The topological polar surface area (TPSA) is 35.3 Å². The summed E-state index contributed by atoms with van der Waals surface area (Å²) < 4.78 is 11.2. The Balaban J connectivity index is 1.54. The van der Waals surface area contributed by atoms with Crippen molar-refractivity contribution in [2.24, 2.45) is 0 Å². The van der Waals surface area contributed by atoms with Gasteiger partial charge in [0.25, 0.3) is 5.22 Å². The van der Waals surface area contributed by atoms with E-state index in [0.717, 1.165) is 16.9 Å². The fraction of sp³-hybridized carbons (Fsp3) is 0.133. The zero-order valence-corrected chi connectivity index (χ0v) is 12.2. The first-order valence-electron chi connectivity index (χ1n) is 6.18. The van der Waals surface area contributed by atoms with Crippen LogP contribution in [0.2, 0.25) is 5.02 Å². The lowest BCUT2D eigenvalue weighted by atomic mass is 10.3. The van der Waals surface area contributed by atoms with Gasteiger partial charge < -0.3 is 9.15 Å². The molecule has 0 unspecified atom stereocenters. The Labute approximate surface area is 125 Å². The van der Waals surface area contributed by atoms with Crippen LogP contribution in [0, 0.1) is 0 Å². The van der Waals surface area contributed by atoms with Crippen molar-refractivity contribution in [2.75, 3.05) is 12.4 Å². The molecule has 102 valence electrons. The number of benzene rings is 2. The zero-order valence-electron chi connectivity index (χ0n) is 10.6. The lowest BCUT2D eigenvalue weighted by Gasteiger charge is -2.06. The normalized spacial score (nSPS) is 10.8. The van der Waals surface area contributed by atoms with Crippen molar-refractivity contribution >= 4 is 34.5 Å². The van der Waals surface area contributed by atoms with Gasteiger partial charge in [0.2, 0.25) is 0 Å². The summed E-state index contributed by atoms with van der Waals surface area (Å²) in [5.41, 5.74) is 1.68. The number of hydrogen-bond donors (Lipinski definition) is 0. The van der Waals surface area contributed by atoms with Crippen LogP contribution in [0.5, 0.6) is 5.75 Å². The standard InChI is InChI=1S/C15H12ClNO2S/c16-11-5-1-3-7-13(11)18-9-10-20-15-17-12-6-2-4-8-14(12)19-15/h1-8H,9-10H2. The van der Waals surface area contributed by atoms with Gasteiger partial charge in [-0.25, -0.2) is 4.98 Å². The van der Waals surface area contributed by atoms with E-state index in [4.69, 9.17) is 20.8 Å². The summed E-state index contributed by atoms with van der Waals surface area (Å²) in [7, 11) is 0. The lowest BCUT2D eigenvalue weighted by molar-refractivity contribution is 0.343. The van der Waals surface area contributed by atoms with E-state index in [1.165, 1.54) is 11.8 Å². The van der Waals surface area contributed by atoms with E-state index in [9.17, 15) is 0 Å². The molecule has 0 aliphatic rings. The van der Waals surface area contributed by atoms with Crippen molar-refractivity contribution in [3.05, 3.63) is 53.6 Å². The molecule has 3 nitrogen and oxygen atoms in total. The summed E-state index contributed by atoms with van der Waals surface area (Å²) in [6.45, 7) is 0.549. The second kappa shape index (κ2) is 6.20. The average molecular weight is 306 g/mol. The molecule has 2 aromatic carbocycles. The van der Waals surface area contributed by atoms with Crippen LogP contribution in [-0.2, 0) is 0 Å². The first-order valence-corrected chi connectivity index (χ1v) is 7.55. The molecule has 0 spiro atoms. The number of ether oxygens (including phenoxy) is 1. The minimum Gasteiger partial charge on any atom is -0.491 e. The second-order valence-corrected chi connectivity index (χ2v) is 5.53. The molecule has 0 radical (unpaired) electrons. The summed E-state index contributed by atoms with van der Waals surface area (Å²) in [4.78, 5) is 4.39. The molecule has 0 N–H and O–H groups in total. The minimum absolute atomic E-state index is 0.549. The molecule has 3 aromatic rings. The molecule has 3 rings (SSSR count). The molecule has 20 heavy (non-hydrogen) atoms. The van der Waals surface area contributed by atoms with Gasteiger partial charge in [-0.15, -0.1) is 0 Å². The highest BCUT2D eigenvalue weighted by atomic mass is 35.5. The van der Waals surface area contributed by atoms with Crippen molar-refractivity contribution in [3.8, 4) is 5.75 Å². The van der Waals surface area contributed by atoms with Crippen molar-refractivity contribution in [3.63, 3.8) is 0 Å². The summed E-state index contributed by atoms with van der Waals surface area (Å²) >= 11 is 7.54. The molecule has 0 amide bonds. The lowest BCUT2D eigenvalue weighted by Crippen LogP contribution is -2.00. The number of para-hydroxylation sites is 3. The fourth-order valence-corrected chi connectivity index (χ4v) is 2.60. The van der Waals surface area contributed by atoms with Gasteiger partial charge in [-0.1, -0.05) is 47.6 Å². The van der Waals surface area contributed by atoms with Crippen LogP contribution in [0.15, 0.2) is 58.2 Å². The third-order valence-corrected chi connectivity index (χ3v) is 3.78. The maximum atomic E-state index is 6.01. The maximum absolute atomic E-state index is 6.01. The fourth-order valence-electron chi connectivity index (χ4n) is 1.76. The van der Waals surface area contributed by atoms with E-state index in [1.807, 2.05) is 48.5 Å². The molecule has 0 aliphatic heterocycles. The molecule has 0 saturated carbocycles. The van der Waals surface area contributed by atoms with Gasteiger partial charge >= 0.3 is 0 Å². The highest BCUT2D eigenvalue weighted by Crippen LogP contribution is 2.25. The number of fused-ring (bicyclic) bond motifs is 1. The monoisotopic (exact) mass is 305 g/mol. The van der Waals surface area contributed by atoms with Crippen LogP contribution in [0.3, 0.4) is 0 Å². The van der Waals surface area contributed by atoms with E-state index in [2.05, 4.69) is 4.98 Å². The molecular formula is C15H12ClNO2S. The number of hydrogen-bond acceptors (Lipinski definition) is 4. The maximum Gasteiger partial charge on any atom is 0.256 e. The minimum atomic E-state index is 0.549. The van der Waals surface area contributed by atoms with Gasteiger partial charge in [0.05, 0.1) is 11.6 Å². The van der Waals surface area contributed by atoms with E-state index in [0.29, 0.717) is 22.6 Å². The molecule has 1 aromatic heterocycles. The Kier molecular flexibility index (Phi) is 4.14. The number of oxazole rings is 1. The summed E-state index contributed by atoms with van der Waals surface area (Å²) in [5.74, 6) is 1.45. The summed E-state index contributed by atoms with van der Waals surface area (Å²) in [5, 5.41) is 1.29. The summed E-state index contributed by atoms with van der Waals surface area (Å²) in [6.07, 6.45) is 0. The average Bonchev–Trinajstić information content (AvgIpc) is 2.88. The van der Waals surface area contributed by atoms with E-state index < -0.39 is 0 Å². The smallest absolute Gasteiger partial charge is 0.256 e. The number of aromatic nitrogens is 1. The van der Waals surface area contributed by atoms with Crippen molar-refractivity contribution in [1.82, 2.24) is 4.98 Å². The van der Waals surface area contributed by atoms with Crippen molar-refractivity contribution in [1.29, 1.82) is 0 Å². The Morgan fingerprint density at radius 1 is 1.10 bits per heavy atom. The molecule has 0 aliphatic carbocycles. The van der Waals surface area contributed by atoms with Gasteiger partial charge in [-0.2, -0.15) is 0 Å². The second-order valence-electron chi connectivity index (χ2n) is 4.07. The predicted molar refractivity (Wildman–Crippen MR) is 81.7 cm³/mol. The SMILES string of the molecule is Clc1ccccc1OCCSc1nc2ccccc2o1. The first-order chi connectivity index (χ1) is 9.83. The van der Waals surface area contributed by atoms with Crippen LogP contribution in [-0.4, -0.2) is 17.3 Å². The Bertz CT molecular complexity index is 681. The van der Waals surface area contributed by atoms with E-state index >= 15 is 0 Å². The largest absolute Gasteiger partial charge is 0.491 e. The molecule has 0 bridgehead atoms. The van der Waals surface area contributed by atoms with Crippen LogP contribution in [0.25, 0.3) is 11.1 Å². The first kappa shape index (κ1) is 13.3. The van der Waals surface area contributed by atoms with Gasteiger partial charge in [0, 0.05) is 5.75 Å². The number of thioether (sulfide) groups is 1. The van der Waals surface area contributed by atoms with Gasteiger partial charge in [-0.3, -0.25) is 0 Å². The van der Waals surface area contributed by atoms with E-state index in [1.54, 1.807) is 0 Å². The van der Waals surface area contributed by atoms with Crippen molar-refractivity contribution in [2.45, 2.75) is 5.22 Å². The highest BCUT2D eigenvalue weighted by Gasteiger charge is 2.05. The Morgan fingerprint density at radius 2 is 1.90 bits per heavy atom. The van der Waals surface area contributed by atoms with Crippen LogP contribution >= 0.6 is 23.4 Å². The number of halogens is 1. The molecular weight excluding hydrogens is 294 g/mol. The quantitative estimate of drug-likeness (QED) is 0.507. The van der Waals surface area contributed by atoms with E-state index in [-0.39, 0.29) is 0 Å². The highest BCUT2D eigenvalue weighted by molar-refractivity contribution is 7.99. The molecule has 0 saturated heterocycles. The van der Waals surface area contributed by atoms with Gasteiger partial charge in [-0.05, 0) is 24.3 Å². The molecule has 0 fully saturated rings. The predicted octanol–water partition coefficient (Wildman–Crippen LogP) is 4.65. The third kappa shape index (κ3) is 3.08. The van der Waals surface area contributed by atoms with Crippen LogP contribution in [0.1, 0.15) is 0 Å².